The highest BCUT2D eigenvalue weighted by atomic mass is 16.5. The number of amides is 1. The summed E-state index contributed by atoms with van der Waals surface area (Å²) in [6.07, 6.45) is 0. The van der Waals surface area contributed by atoms with Crippen LogP contribution in [0.3, 0.4) is 0 Å². The molecule has 1 aromatic rings. The molecule has 0 atom stereocenters. The van der Waals surface area contributed by atoms with Crippen molar-refractivity contribution in [2.24, 2.45) is 0 Å². The molecule has 4 nitrogen and oxygen atoms in total. The molecular formula is C12H13NO3. The topological polar surface area (TPSA) is 38.8 Å². The minimum Gasteiger partial charge on any atom is -0.497 e. The first kappa shape index (κ1) is 10.5. The van der Waals surface area contributed by atoms with E-state index in [9.17, 15) is 4.79 Å². The van der Waals surface area contributed by atoms with Gasteiger partial charge in [-0.15, -0.1) is 0 Å². The van der Waals surface area contributed by atoms with Crippen LogP contribution < -0.4 is 14.4 Å². The van der Waals surface area contributed by atoms with Gasteiger partial charge in [0.1, 0.15) is 11.5 Å². The highest BCUT2D eigenvalue weighted by Gasteiger charge is 2.31. The van der Waals surface area contributed by atoms with Crippen LogP contribution in [0.1, 0.15) is 0 Å². The fourth-order valence-corrected chi connectivity index (χ4v) is 1.63. The third-order valence-electron chi connectivity index (χ3n) is 2.57. The number of carbonyl (C=O) groups excluding carboxylic acids is 1. The lowest BCUT2D eigenvalue weighted by atomic mass is 10.1. The molecule has 16 heavy (non-hydrogen) atoms. The lowest BCUT2D eigenvalue weighted by molar-refractivity contribution is -0.117. The average molecular weight is 219 g/mol. The summed E-state index contributed by atoms with van der Waals surface area (Å²) < 4.78 is 10.3. The summed E-state index contributed by atoms with van der Waals surface area (Å²) >= 11 is 0. The van der Waals surface area contributed by atoms with Gasteiger partial charge in [-0.05, 0) is 12.1 Å². The molecule has 1 saturated heterocycles. The molecule has 0 spiro atoms. The zero-order valence-electron chi connectivity index (χ0n) is 9.32. The molecule has 0 unspecified atom stereocenters. The Morgan fingerprint density at radius 2 is 2.06 bits per heavy atom. The third-order valence-corrected chi connectivity index (χ3v) is 2.57. The molecule has 0 N–H and O–H groups in total. The van der Waals surface area contributed by atoms with Gasteiger partial charge < -0.3 is 14.4 Å². The van der Waals surface area contributed by atoms with Crippen molar-refractivity contribution < 1.29 is 14.3 Å². The van der Waals surface area contributed by atoms with Crippen LogP contribution in [0, 0.1) is 0 Å². The van der Waals surface area contributed by atoms with Gasteiger partial charge in [-0.2, -0.15) is 0 Å². The molecule has 2 rings (SSSR count). The van der Waals surface area contributed by atoms with E-state index in [0.717, 1.165) is 5.69 Å². The number of benzene rings is 1. The maximum atomic E-state index is 11.5. The zero-order chi connectivity index (χ0) is 11.7. The summed E-state index contributed by atoms with van der Waals surface area (Å²) in [5.41, 5.74) is 1.37. The van der Waals surface area contributed by atoms with Crippen molar-refractivity contribution >= 4 is 11.6 Å². The Hall–Kier alpha value is -1.97. The lowest BCUT2D eigenvalue weighted by Gasteiger charge is -2.33. The smallest absolute Gasteiger partial charge is 0.255 e. The molecule has 1 amide bonds. The van der Waals surface area contributed by atoms with Gasteiger partial charge in [-0.1, -0.05) is 6.58 Å². The third kappa shape index (κ3) is 1.52. The number of rotatable bonds is 3. The number of ether oxygens (including phenoxy) is 2. The van der Waals surface area contributed by atoms with Crippen LogP contribution in [0.15, 0.2) is 30.4 Å². The van der Waals surface area contributed by atoms with Gasteiger partial charge in [-0.25, -0.2) is 0 Å². The fourth-order valence-electron chi connectivity index (χ4n) is 1.63. The predicted molar refractivity (Wildman–Crippen MR) is 61.0 cm³/mol. The van der Waals surface area contributed by atoms with E-state index in [1.165, 1.54) is 0 Å². The summed E-state index contributed by atoms with van der Waals surface area (Å²) in [6.45, 7) is 4.21. The Balaban J connectivity index is 2.34. The summed E-state index contributed by atoms with van der Waals surface area (Å²) in [5, 5.41) is 0. The van der Waals surface area contributed by atoms with E-state index in [-0.39, 0.29) is 5.91 Å². The first-order valence-corrected chi connectivity index (χ1v) is 4.89. The van der Waals surface area contributed by atoms with Crippen molar-refractivity contribution in [3.8, 4) is 11.5 Å². The number of β-lactam (4-membered cyclic amide) rings is 1. The molecule has 1 aromatic carbocycles. The van der Waals surface area contributed by atoms with Crippen LogP contribution in [0.4, 0.5) is 5.69 Å². The predicted octanol–water partition coefficient (Wildman–Crippen LogP) is 1.61. The molecule has 1 fully saturated rings. The van der Waals surface area contributed by atoms with Crippen LogP contribution in [-0.4, -0.2) is 26.7 Å². The summed E-state index contributed by atoms with van der Waals surface area (Å²) in [4.78, 5) is 13.1. The van der Waals surface area contributed by atoms with Crippen LogP contribution in [0.2, 0.25) is 0 Å². The molecule has 0 saturated carbocycles. The molecular weight excluding hydrogens is 206 g/mol. The number of nitrogens with zero attached hydrogens (tertiary/aromatic N) is 1. The van der Waals surface area contributed by atoms with Crippen molar-refractivity contribution in [1.29, 1.82) is 0 Å². The molecule has 0 bridgehead atoms. The quantitative estimate of drug-likeness (QED) is 0.572. The Morgan fingerprint density at radius 3 is 2.56 bits per heavy atom. The van der Waals surface area contributed by atoms with Crippen molar-refractivity contribution in [1.82, 2.24) is 0 Å². The second-order valence-corrected chi connectivity index (χ2v) is 3.53. The van der Waals surface area contributed by atoms with E-state index < -0.39 is 0 Å². The average Bonchev–Trinajstić information content (AvgIpc) is 2.34. The molecule has 84 valence electrons. The van der Waals surface area contributed by atoms with Gasteiger partial charge in [0, 0.05) is 11.6 Å². The lowest BCUT2D eigenvalue weighted by Crippen LogP contribution is -2.45. The van der Waals surface area contributed by atoms with Crippen LogP contribution in [0.5, 0.6) is 11.5 Å². The van der Waals surface area contributed by atoms with E-state index in [1.807, 2.05) is 6.07 Å². The van der Waals surface area contributed by atoms with Gasteiger partial charge in [0.05, 0.1) is 26.5 Å². The minimum absolute atomic E-state index is 0.0523. The first-order chi connectivity index (χ1) is 7.67. The Labute approximate surface area is 94.1 Å². The van der Waals surface area contributed by atoms with Gasteiger partial charge in [-0.3, -0.25) is 4.79 Å². The Kier molecular flexibility index (Phi) is 2.56. The normalized spacial score (nSPS) is 14.8. The highest BCUT2D eigenvalue weighted by molar-refractivity contribution is 6.13. The Morgan fingerprint density at radius 1 is 1.31 bits per heavy atom. The molecule has 1 aliphatic rings. The van der Waals surface area contributed by atoms with Crippen LogP contribution >= 0.6 is 0 Å². The van der Waals surface area contributed by atoms with E-state index >= 15 is 0 Å². The number of hydrogen-bond acceptors (Lipinski definition) is 3. The second-order valence-electron chi connectivity index (χ2n) is 3.53. The van der Waals surface area contributed by atoms with Gasteiger partial charge in [0.2, 0.25) is 0 Å². The molecule has 1 aliphatic heterocycles. The van der Waals surface area contributed by atoms with Gasteiger partial charge >= 0.3 is 0 Å². The summed E-state index contributed by atoms with van der Waals surface area (Å²) in [6, 6.07) is 5.36. The molecule has 0 aromatic heterocycles. The van der Waals surface area contributed by atoms with E-state index in [2.05, 4.69) is 6.58 Å². The van der Waals surface area contributed by atoms with E-state index in [1.54, 1.807) is 31.3 Å². The summed E-state index contributed by atoms with van der Waals surface area (Å²) in [5.74, 6) is 1.27. The van der Waals surface area contributed by atoms with Crippen LogP contribution in [-0.2, 0) is 4.79 Å². The molecule has 0 aliphatic carbocycles. The molecule has 0 radical (unpaired) electrons. The SMILES string of the molecule is C=C1CN(c2ccc(OC)cc2OC)C1=O. The second kappa shape index (κ2) is 3.89. The molecule has 4 heteroatoms. The minimum atomic E-state index is -0.0523. The number of anilines is 1. The maximum absolute atomic E-state index is 11.5. The monoisotopic (exact) mass is 219 g/mol. The number of hydrogen-bond donors (Lipinski definition) is 0. The number of methoxy groups -OCH3 is 2. The highest BCUT2D eigenvalue weighted by Crippen LogP contribution is 2.35. The zero-order valence-corrected chi connectivity index (χ0v) is 9.32. The van der Waals surface area contributed by atoms with E-state index in [4.69, 9.17) is 9.47 Å². The van der Waals surface area contributed by atoms with Gasteiger partial charge in [0.15, 0.2) is 0 Å². The first-order valence-electron chi connectivity index (χ1n) is 4.89. The summed E-state index contributed by atoms with van der Waals surface area (Å²) in [7, 11) is 3.16. The van der Waals surface area contributed by atoms with Crippen molar-refractivity contribution in [2.45, 2.75) is 0 Å². The van der Waals surface area contributed by atoms with Gasteiger partial charge in [0.25, 0.3) is 5.91 Å². The van der Waals surface area contributed by atoms with Crippen LogP contribution in [0.25, 0.3) is 0 Å². The number of carbonyl (C=O) groups is 1. The standard InChI is InChI=1S/C12H13NO3/c1-8-7-13(12(8)14)10-5-4-9(15-2)6-11(10)16-3/h4-6H,1,7H2,2-3H3. The maximum Gasteiger partial charge on any atom is 0.255 e. The Bertz CT molecular complexity index is 454. The molecule has 1 heterocycles. The largest absolute Gasteiger partial charge is 0.497 e. The fraction of sp³-hybridized carbons (Fsp3) is 0.250. The van der Waals surface area contributed by atoms with Crippen molar-refractivity contribution in [2.75, 3.05) is 25.7 Å². The van der Waals surface area contributed by atoms with E-state index in [0.29, 0.717) is 23.6 Å². The van der Waals surface area contributed by atoms with Crippen molar-refractivity contribution in [3.05, 3.63) is 30.4 Å². The van der Waals surface area contributed by atoms with Crippen molar-refractivity contribution in [3.63, 3.8) is 0 Å².